The van der Waals surface area contributed by atoms with Crippen LogP contribution in [0.2, 0.25) is 5.02 Å². The zero-order chi connectivity index (χ0) is 20.7. The van der Waals surface area contributed by atoms with E-state index in [1.807, 2.05) is 0 Å². The Morgan fingerprint density at radius 1 is 1.14 bits per heavy atom. The molecule has 2 aromatic rings. The molecule has 0 bridgehead atoms. The summed E-state index contributed by atoms with van der Waals surface area (Å²) in [6, 6.07) is 12.6. The molecule has 0 fully saturated rings. The number of benzene rings is 2. The van der Waals surface area contributed by atoms with Gasteiger partial charge in [-0.25, -0.2) is 13.8 Å². The van der Waals surface area contributed by atoms with Crippen molar-refractivity contribution in [3.8, 4) is 0 Å². The number of rotatable bonds is 7. The fourth-order valence-electron chi connectivity index (χ4n) is 2.17. The van der Waals surface area contributed by atoms with Crippen LogP contribution in [-0.4, -0.2) is 44.3 Å². The van der Waals surface area contributed by atoms with Crippen LogP contribution in [0.5, 0.6) is 0 Å². The predicted molar refractivity (Wildman–Crippen MR) is 108 cm³/mol. The molecule has 0 atom stereocenters. The van der Waals surface area contributed by atoms with E-state index in [9.17, 15) is 18.0 Å². The van der Waals surface area contributed by atoms with E-state index in [0.717, 1.165) is 4.31 Å². The highest BCUT2D eigenvalue weighted by Crippen LogP contribution is 2.17. The molecule has 0 aromatic heterocycles. The van der Waals surface area contributed by atoms with E-state index in [-0.39, 0.29) is 10.8 Å². The summed E-state index contributed by atoms with van der Waals surface area (Å²) in [7, 11) is -2.59. The van der Waals surface area contributed by atoms with Gasteiger partial charge in [-0.15, -0.1) is 0 Å². The summed E-state index contributed by atoms with van der Waals surface area (Å²) in [5.74, 6) is -0.869. The lowest BCUT2D eigenvalue weighted by Crippen LogP contribution is -2.36. The monoisotopic (exact) mass is 422 g/mol. The fraction of sp³-hybridized carbons (Fsp3) is 0.167. The Bertz CT molecular complexity index is 991. The van der Waals surface area contributed by atoms with Gasteiger partial charge < -0.3 is 5.32 Å². The Kier molecular flexibility index (Phi) is 7.27. The van der Waals surface area contributed by atoms with E-state index < -0.39 is 22.5 Å². The number of hydrogen-bond donors (Lipinski definition) is 2. The minimum atomic E-state index is -3.88. The number of carbonyl (C=O) groups is 2. The smallest absolute Gasteiger partial charge is 0.255 e. The first-order valence-electron chi connectivity index (χ1n) is 8.10. The third-order valence-corrected chi connectivity index (χ3v) is 5.71. The van der Waals surface area contributed by atoms with Gasteiger partial charge in [0.25, 0.3) is 5.91 Å². The maximum Gasteiger partial charge on any atom is 0.255 e. The van der Waals surface area contributed by atoms with E-state index in [1.165, 1.54) is 44.5 Å². The second-order valence-corrected chi connectivity index (χ2v) is 8.23. The first kappa shape index (κ1) is 21.5. The van der Waals surface area contributed by atoms with Gasteiger partial charge in [-0.3, -0.25) is 9.59 Å². The Hall–Kier alpha value is -2.75. The lowest BCUT2D eigenvalue weighted by molar-refractivity contribution is -0.121. The molecule has 2 N–H and O–H groups in total. The van der Waals surface area contributed by atoms with Crippen molar-refractivity contribution in [3.05, 3.63) is 59.1 Å². The zero-order valence-corrected chi connectivity index (χ0v) is 16.8. The van der Waals surface area contributed by atoms with Crippen molar-refractivity contribution in [1.29, 1.82) is 0 Å². The summed E-state index contributed by atoms with van der Waals surface area (Å²) >= 11 is 5.98. The number of amides is 2. The predicted octanol–water partition coefficient (Wildman–Crippen LogP) is 2.07. The van der Waals surface area contributed by atoms with Crippen LogP contribution < -0.4 is 10.7 Å². The van der Waals surface area contributed by atoms with Crippen molar-refractivity contribution in [2.75, 3.05) is 18.9 Å². The average molecular weight is 423 g/mol. The van der Waals surface area contributed by atoms with Gasteiger partial charge in [0.2, 0.25) is 15.9 Å². The summed E-state index contributed by atoms with van der Waals surface area (Å²) in [5, 5.41) is 6.80. The van der Waals surface area contributed by atoms with Crippen molar-refractivity contribution in [2.45, 2.75) is 11.8 Å². The summed E-state index contributed by atoms with van der Waals surface area (Å²) < 4.78 is 26.0. The Balaban J connectivity index is 1.98. The van der Waals surface area contributed by atoms with Gasteiger partial charge in [-0.1, -0.05) is 29.8 Å². The fourth-order valence-corrected chi connectivity index (χ4v) is 3.48. The molecule has 0 spiro atoms. The normalized spacial score (nSPS) is 11.6. The van der Waals surface area contributed by atoms with Crippen LogP contribution in [0.25, 0.3) is 0 Å². The quantitative estimate of drug-likeness (QED) is 0.526. The van der Waals surface area contributed by atoms with Crippen LogP contribution in [-0.2, 0) is 19.6 Å². The Morgan fingerprint density at radius 2 is 1.79 bits per heavy atom. The van der Waals surface area contributed by atoms with Gasteiger partial charge >= 0.3 is 0 Å². The molecule has 2 amide bonds. The zero-order valence-electron chi connectivity index (χ0n) is 15.2. The largest absolute Gasteiger partial charge is 0.326 e. The van der Waals surface area contributed by atoms with Crippen LogP contribution in [0.15, 0.2) is 58.5 Å². The van der Waals surface area contributed by atoms with E-state index in [2.05, 4.69) is 15.8 Å². The minimum absolute atomic E-state index is 0.00327. The van der Waals surface area contributed by atoms with Gasteiger partial charge in [0, 0.05) is 30.2 Å². The number of nitrogens with one attached hydrogen (secondary N) is 2. The molecule has 0 aliphatic rings. The third-order valence-electron chi connectivity index (χ3n) is 3.55. The third kappa shape index (κ3) is 5.88. The molecule has 10 heteroatoms. The molecule has 28 heavy (non-hydrogen) atoms. The average Bonchev–Trinajstić information content (AvgIpc) is 2.63. The van der Waals surface area contributed by atoms with Crippen molar-refractivity contribution in [3.63, 3.8) is 0 Å². The van der Waals surface area contributed by atoms with Crippen LogP contribution in [0, 0.1) is 0 Å². The maximum atomic E-state index is 12.5. The van der Waals surface area contributed by atoms with E-state index >= 15 is 0 Å². The molecule has 8 nitrogen and oxygen atoms in total. The number of sulfonamides is 1. The standard InChI is InChI=1S/C18H19ClN4O4S/c1-13(24)21-15-7-9-16(10-8-15)28(26,27)23(2)12-18(25)22-20-11-14-5-3-4-6-17(14)19/h3-11H,12H2,1-2H3,(H,21,24)(H,22,25)/b20-11+. The highest BCUT2D eigenvalue weighted by molar-refractivity contribution is 7.89. The number of carbonyl (C=O) groups excluding carboxylic acids is 2. The Morgan fingerprint density at radius 3 is 2.39 bits per heavy atom. The molecule has 148 valence electrons. The lowest BCUT2D eigenvalue weighted by atomic mass is 10.2. The lowest BCUT2D eigenvalue weighted by Gasteiger charge is -2.16. The number of anilines is 1. The molecular weight excluding hydrogens is 404 g/mol. The molecular formula is C18H19ClN4O4S. The number of halogens is 1. The first-order valence-corrected chi connectivity index (χ1v) is 9.92. The van der Waals surface area contributed by atoms with E-state index in [1.54, 1.807) is 24.3 Å². The van der Waals surface area contributed by atoms with Crippen molar-refractivity contribution < 1.29 is 18.0 Å². The maximum absolute atomic E-state index is 12.5. The van der Waals surface area contributed by atoms with Crippen LogP contribution in [0.1, 0.15) is 12.5 Å². The van der Waals surface area contributed by atoms with Crippen molar-refractivity contribution in [2.24, 2.45) is 5.10 Å². The van der Waals surface area contributed by atoms with Gasteiger partial charge in [0.15, 0.2) is 0 Å². The summed E-state index contributed by atoms with van der Waals surface area (Å²) in [5.41, 5.74) is 3.35. The number of likely N-dealkylation sites (N-methyl/N-ethyl adjacent to an activating group) is 1. The highest BCUT2D eigenvalue weighted by atomic mass is 35.5. The van der Waals surface area contributed by atoms with Gasteiger partial charge in [-0.2, -0.15) is 9.41 Å². The van der Waals surface area contributed by atoms with Crippen LogP contribution >= 0.6 is 11.6 Å². The van der Waals surface area contributed by atoms with Crippen molar-refractivity contribution in [1.82, 2.24) is 9.73 Å². The van der Waals surface area contributed by atoms with Crippen LogP contribution in [0.4, 0.5) is 5.69 Å². The minimum Gasteiger partial charge on any atom is -0.326 e. The van der Waals surface area contributed by atoms with Gasteiger partial charge in [0.05, 0.1) is 17.7 Å². The second-order valence-electron chi connectivity index (χ2n) is 5.78. The van der Waals surface area contributed by atoms with Gasteiger partial charge in [0.1, 0.15) is 0 Å². The number of hydrogen-bond acceptors (Lipinski definition) is 5. The molecule has 2 rings (SSSR count). The topological polar surface area (TPSA) is 108 Å². The Labute approximate surface area is 168 Å². The van der Waals surface area contributed by atoms with Crippen LogP contribution in [0.3, 0.4) is 0 Å². The van der Waals surface area contributed by atoms with E-state index in [4.69, 9.17) is 11.6 Å². The molecule has 0 heterocycles. The molecule has 0 saturated carbocycles. The second kappa shape index (κ2) is 9.45. The molecule has 0 saturated heterocycles. The molecule has 0 unspecified atom stereocenters. The van der Waals surface area contributed by atoms with Crippen molar-refractivity contribution >= 4 is 45.3 Å². The molecule has 0 aliphatic carbocycles. The summed E-state index contributed by atoms with van der Waals surface area (Å²) in [4.78, 5) is 23.0. The highest BCUT2D eigenvalue weighted by Gasteiger charge is 2.22. The summed E-state index contributed by atoms with van der Waals surface area (Å²) in [6.07, 6.45) is 1.37. The molecule has 0 aliphatic heterocycles. The molecule has 2 aromatic carbocycles. The SMILES string of the molecule is CC(=O)Nc1ccc(S(=O)(=O)N(C)CC(=O)N/N=C/c2ccccc2Cl)cc1. The van der Waals surface area contributed by atoms with Gasteiger partial charge in [-0.05, 0) is 30.3 Å². The van der Waals surface area contributed by atoms with E-state index in [0.29, 0.717) is 16.3 Å². The number of hydrazone groups is 1. The molecule has 0 radical (unpaired) electrons. The number of nitrogens with zero attached hydrogens (tertiary/aromatic N) is 2. The summed E-state index contributed by atoms with van der Waals surface area (Å²) in [6.45, 7) is 0.931. The first-order chi connectivity index (χ1) is 13.2.